The van der Waals surface area contributed by atoms with Gasteiger partial charge in [-0.3, -0.25) is 4.57 Å². The van der Waals surface area contributed by atoms with Gasteiger partial charge >= 0.3 is 0 Å². The van der Waals surface area contributed by atoms with Crippen LogP contribution in [0.1, 0.15) is 19.8 Å². The molecule has 0 radical (unpaired) electrons. The van der Waals surface area contributed by atoms with Crippen molar-refractivity contribution < 1.29 is 18.6 Å². The van der Waals surface area contributed by atoms with Crippen molar-refractivity contribution >= 4 is 8.03 Å². The maximum Gasteiger partial charge on any atom is 0.191 e. The number of unbranched alkanes of at least 4 members (excludes halogenated alkanes) is 1. The Morgan fingerprint density at radius 3 is 2.69 bits per heavy atom. The van der Waals surface area contributed by atoms with Gasteiger partial charge in [0.1, 0.15) is 6.79 Å². The molecule has 0 bridgehead atoms. The summed E-state index contributed by atoms with van der Waals surface area (Å²) in [5.74, 6) is 0. The van der Waals surface area contributed by atoms with E-state index < -0.39 is 8.03 Å². The van der Waals surface area contributed by atoms with Crippen LogP contribution in [0.5, 0.6) is 0 Å². The molecule has 0 N–H and O–H groups in total. The molecule has 0 aromatic rings. The second-order valence-corrected chi connectivity index (χ2v) is 4.11. The number of methoxy groups -OCH3 is 1. The maximum absolute atomic E-state index is 11.0. The van der Waals surface area contributed by atoms with Crippen molar-refractivity contribution in [2.75, 3.05) is 33.3 Å². The topological polar surface area (TPSA) is 44.8 Å². The Kier molecular flexibility index (Phi) is 10.3. The molecule has 0 saturated carbocycles. The fraction of sp³-hybridized carbons (Fsp3) is 1.00. The summed E-state index contributed by atoms with van der Waals surface area (Å²) in [6.07, 6.45) is 2.46. The SMILES string of the molecule is CCO[PH](=O)CCCCOCOC. The highest BCUT2D eigenvalue weighted by molar-refractivity contribution is 7.39. The Morgan fingerprint density at radius 1 is 1.31 bits per heavy atom. The van der Waals surface area contributed by atoms with E-state index in [0.29, 0.717) is 26.2 Å². The minimum Gasteiger partial charge on any atom is -0.359 e. The van der Waals surface area contributed by atoms with Gasteiger partial charge < -0.3 is 14.0 Å². The predicted molar refractivity (Wildman–Crippen MR) is 52.6 cm³/mol. The minimum absolute atomic E-state index is 0.334. The van der Waals surface area contributed by atoms with Gasteiger partial charge in [0.25, 0.3) is 0 Å². The average molecular weight is 210 g/mol. The van der Waals surface area contributed by atoms with Crippen LogP contribution in [-0.4, -0.2) is 33.3 Å². The third-order valence-electron chi connectivity index (χ3n) is 1.43. The molecular weight excluding hydrogens is 191 g/mol. The van der Waals surface area contributed by atoms with Crippen molar-refractivity contribution in [2.45, 2.75) is 19.8 Å². The fourth-order valence-corrected chi connectivity index (χ4v) is 1.85. The van der Waals surface area contributed by atoms with E-state index in [4.69, 9.17) is 14.0 Å². The largest absolute Gasteiger partial charge is 0.359 e. The van der Waals surface area contributed by atoms with Crippen LogP contribution in [-0.2, 0) is 18.6 Å². The summed E-state index contributed by atoms with van der Waals surface area (Å²) < 4.78 is 25.8. The Hall–Kier alpha value is 0.110. The van der Waals surface area contributed by atoms with Crippen molar-refractivity contribution in [1.29, 1.82) is 0 Å². The van der Waals surface area contributed by atoms with Gasteiger partial charge in [0.05, 0.1) is 6.61 Å². The lowest BCUT2D eigenvalue weighted by Gasteiger charge is -2.03. The Bertz CT molecular complexity index is 129. The molecule has 80 valence electrons. The summed E-state index contributed by atoms with van der Waals surface area (Å²) in [7, 11) is -0.179. The van der Waals surface area contributed by atoms with Crippen molar-refractivity contribution in [2.24, 2.45) is 0 Å². The van der Waals surface area contributed by atoms with E-state index >= 15 is 0 Å². The highest BCUT2D eigenvalue weighted by atomic mass is 31.1. The number of rotatable bonds is 9. The van der Waals surface area contributed by atoms with E-state index in [-0.39, 0.29) is 0 Å². The summed E-state index contributed by atoms with van der Waals surface area (Å²) in [6, 6.07) is 0. The van der Waals surface area contributed by atoms with Gasteiger partial charge in [-0.2, -0.15) is 0 Å². The highest BCUT2D eigenvalue weighted by Crippen LogP contribution is 2.22. The number of hydrogen-bond donors (Lipinski definition) is 0. The molecule has 0 aliphatic carbocycles. The molecule has 1 unspecified atom stereocenters. The molecule has 0 aromatic heterocycles. The Balaban J connectivity index is 3.02. The summed E-state index contributed by atoms with van der Waals surface area (Å²) in [5, 5.41) is 0. The first-order valence-electron chi connectivity index (χ1n) is 4.53. The van der Waals surface area contributed by atoms with Crippen molar-refractivity contribution in [3.63, 3.8) is 0 Å². The summed E-state index contributed by atoms with van der Waals surface area (Å²) in [5.41, 5.74) is 0. The van der Waals surface area contributed by atoms with E-state index in [2.05, 4.69) is 0 Å². The van der Waals surface area contributed by atoms with E-state index in [0.717, 1.165) is 12.8 Å². The van der Waals surface area contributed by atoms with E-state index in [1.54, 1.807) is 7.11 Å². The van der Waals surface area contributed by atoms with Crippen molar-refractivity contribution in [1.82, 2.24) is 0 Å². The molecule has 0 aromatic carbocycles. The molecule has 13 heavy (non-hydrogen) atoms. The van der Waals surface area contributed by atoms with E-state index in [9.17, 15) is 4.57 Å². The van der Waals surface area contributed by atoms with Crippen LogP contribution in [0.4, 0.5) is 0 Å². The Morgan fingerprint density at radius 2 is 2.08 bits per heavy atom. The second-order valence-electron chi connectivity index (χ2n) is 2.58. The smallest absolute Gasteiger partial charge is 0.191 e. The lowest BCUT2D eigenvalue weighted by molar-refractivity contribution is -0.0311. The van der Waals surface area contributed by atoms with Gasteiger partial charge in [0, 0.05) is 19.9 Å². The van der Waals surface area contributed by atoms with Gasteiger partial charge in [-0.1, -0.05) is 0 Å². The molecule has 4 nitrogen and oxygen atoms in total. The van der Waals surface area contributed by atoms with Gasteiger partial charge in [-0.15, -0.1) is 0 Å². The van der Waals surface area contributed by atoms with Crippen LogP contribution in [0.15, 0.2) is 0 Å². The van der Waals surface area contributed by atoms with Crippen LogP contribution < -0.4 is 0 Å². The first-order valence-corrected chi connectivity index (χ1v) is 6.06. The average Bonchev–Trinajstić information content (AvgIpc) is 2.11. The molecule has 0 aliphatic heterocycles. The fourth-order valence-electron chi connectivity index (χ4n) is 0.849. The number of ether oxygens (including phenoxy) is 2. The van der Waals surface area contributed by atoms with E-state index in [1.807, 2.05) is 6.92 Å². The predicted octanol–water partition coefficient (Wildman–Crippen LogP) is 1.90. The zero-order valence-electron chi connectivity index (χ0n) is 8.38. The lowest BCUT2D eigenvalue weighted by atomic mass is 10.4. The van der Waals surface area contributed by atoms with Gasteiger partial charge in [-0.05, 0) is 19.8 Å². The van der Waals surface area contributed by atoms with Crippen LogP contribution in [0.2, 0.25) is 0 Å². The van der Waals surface area contributed by atoms with Gasteiger partial charge in [0.2, 0.25) is 0 Å². The zero-order valence-corrected chi connectivity index (χ0v) is 9.38. The van der Waals surface area contributed by atoms with Crippen LogP contribution in [0.3, 0.4) is 0 Å². The van der Waals surface area contributed by atoms with Crippen LogP contribution >= 0.6 is 8.03 Å². The van der Waals surface area contributed by atoms with E-state index in [1.165, 1.54) is 0 Å². The van der Waals surface area contributed by atoms with Crippen LogP contribution in [0.25, 0.3) is 0 Å². The summed E-state index contributed by atoms with van der Waals surface area (Å²) >= 11 is 0. The van der Waals surface area contributed by atoms with Crippen molar-refractivity contribution in [3.8, 4) is 0 Å². The molecule has 0 spiro atoms. The summed E-state index contributed by atoms with van der Waals surface area (Å²) in [4.78, 5) is 0. The first kappa shape index (κ1) is 13.1. The second kappa shape index (κ2) is 10.2. The third kappa shape index (κ3) is 10.0. The molecule has 0 fully saturated rings. The third-order valence-corrected chi connectivity index (χ3v) is 2.80. The van der Waals surface area contributed by atoms with Crippen LogP contribution in [0, 0.1) is 0 Å². The monoisotopic (exact) mass is 210 g/mol. The molecule has 1 atom stereocenters. The molecular formula is C8H19O4P. The van der Waals surface area contributed by atoms with Gasteiger partial charge in [-0.25, -0.2) is 0 Å². The quantitative estimate of drug-likeness (QED) is 0.331. The lowest BCUT2D eigenvalue weighted by Crippen LogP contribution is -1.98. The molecule has 0 rings (SSSR count). The standard InChI is InChI=1S/C8H19O4P/c1-3-12-13(9)7-5-4-6-11-8-10-2/h13H,3-8H2,1-2H3. The normalized spacial score (nSPS) is 13.1. The summed E-state index contributed by atoms with van der Waals surface area (Å²) in [6.45, 7) is 3.39. The first-order chi connectivity index (χ1) is 6.31. The highest BCUT2D eigenvalue weighted by Gasteiger charge is 1.97. The molecule has 0 heterocycles. The Labute approximate surface area is 80.4 Å². The molecule has 0 amide bonds. The maximum atomic E-state index is 11.0. The van der Waals surface area contributed by atoms with Crippen molar-refractivity contribution in [3.05, 3.63) is 0 Å². The molecule has 5 heteroatoms. The zero-order chi connectivity index (χ0) is 9.94. The number of hydrogen-bond acceptors (Lipinski definition) is 4. The van der Waals surface area contributed by atoms with Gasteiger partial charge in [0.15, 0.2) is 8.03 Å². The molecule has 0 saturated heterocycles. The minimum atomic E-state index is -1.77. The molecule has 0 aliphatic rings.